The number of carboxylic acids is 1. The highest BCUT2D eigenvalue weighted by molar-refractivity contribution is 5.92. The lowest BCUT2D eigenvalue weighted by molar-refractivity contribution is 0.0697. The van der Waals surface area contributed by atoms with E-state index in [1.54, 1.807) is 42.7 Å². The van der Waals surface area contributed by atoms with Gasteiger partial charge in [0.25, 0.3) is 0 Å². The standard InChI is InChI=1S/C30H29FN8O3/c1-36-19-33-15-24(36)16-38-27-13-21(30(40)41)4-5-26(27)34-28(38)17-37-9-6-23(7-10-37)39-11-8-29(35-39)42-18-22-3-2-20(14-32)12-25(22)31/h2-5,8,11-13,15,19,23H,6-7,9-10,16-18H2,1H3,(H,40,41). The molecule has 0 saturated carbocycles. The van der Waals surface area contributed by atoms with Gasteiger partial charge in [0.2, 0.25) is 5.88 Å². The zero-order valence-electron chi connectivity index (χ0n) is 23.0. The third kappa shape index (κ3) is 5.59. The topological polar surface area (TPSA) is 127 Å². The number of aromatic nitrogens is 6. The number of nitrogens with zero attached hydrogens (tertiary/aromatic N) is 8. The van der Waals surface area contributed by atoms with Crippen molar-refractivity contribution in [3.05, 3.63) is 95.2 Å². The molecule has 0 amide bonds. The van der Waals surface area contributed by atoms with Crippen molar-refractivity contribution in [1.82, 2.24) is 33.8 Å². The molecule has 0 atom stereocenters. The predicted molar refractivity (Wildman–Crippen MR) is 150 cm³/mol. The van der Waals surface area contributed by atoms with Crippen LogP contribution in [0.25, 0.3) is 11.0 Å². The van der Waals surface area contributed by atoms with Crippen molar-refractivity contribution >= 4 is 17.0 Å². The number of halogens is 1. The van der Waals surface area contributed by atoms with E-state index in [1.807, 2.05) is 34.8 Å². The van der Waals surface area contributed by atoms with Gasteiger partial charge in [-0.3, -0.25) is 9.58 Å². The van der Waals surface area contributed by atoms with Crippen LogP contribution in [-0.4, -0.2) is 57.9 Å². The van der Waals surface area contributed by atoms with E-state index < -0.39 is 11.8 Å². The highest BCUT2D eigenvalue weighted by Crippen LogP contribution is 2.26. The molecule has 4 heterocycles. The minimum Gasteiger partial charge on any atom is -0.478 e. The Labute approximate surface area is 241 Å². The van der Waals surface area contributed by atoms with Crippen LogP contribution < -0.4 is 4.74 Å². The molecule has 12 heteroatoms. The van der Waals surface area contributed by atoms with E-state index in [0.717, 1.165) is 48.5 Å². The van der Waals surface area contributed by atoms with Gasteiger partial charge >= 0.3 is 5.97 Å². The number of carbonyl (C=O) groups is 1. The fourth-order valence-electron chi connectivity index (χ4n) is 5.33. The summed E-state index contributed by atoms with van der Waals surface area (Å²) in [6.45, 7) is 2.87. The zero-order chi connectivity index (χ0) is 29.2. The molecule has 2 aromatic carbocycles. The Balaban J connectivity index is 1.11. The molecule has 0 unspecified atom stereocenters. The number of ether oxygens (including phenoxy) is 1. The normalized spacial score (nSPS) is 14.3. The first-order valence-electron chi connectivity index (χ1n) is 13.6. The van der Waals surface area contributed by atoms with Crippen LogP contribution in [0.4, 0.5) is 4.39 Å². The summed E-state index contributed by atoms with van der Waals surface area (Å²) >= 11 is 0. The molecule has 1 N–H and O–H groups in total. The van der Waals surface area contributed by atoms with Gasteiger partial charge in [-0.25, -0.2) is 19.2 Å². The number of aryl methyl sites for hydroxylation is 1. The van der Waals surface area contributed by atoms with Crippen molar-refractivity contribution in [3.8, 4) is 11.9 Å². The highest BCUT2D eigenvalue weighted by atomic mass is 19.1. The Bertz CT molecular complexity index is 1790. The SMILES string of the molecule is Cn1cncc1Cn1c(CN2CCC(n3ccc(OCc4ccc(C#N)cc4F)n3)CC2)nc2ccc(C(=O)O)cc21. The van der Waals surface area contributed by atoms with Gasteiger partial charge in [0.1, 0.15) is 18.2 Å². The van der Waals surface area contributed by atoms with E-state index >= 15 is 0 Å². The van der Waals surface area contributed by atoms with Gasteiger partial charge in [-0.2, -0.15) is 5.26 Å². The zero-order valence-corrected chi connectivity index (χ0v) is 23.0. The predicted octanol–water partition coefficient (Wildman–Crippen LogP) is 4.14. The molecule has 1 aliphatic rings. The van der Waals surface area contributed by atoms with Crippen LogP contribution in [0.3, 0.4) is 0 Å². The third-order valence-corrected chi connectivity index (χ3v) is 7.75. The van der Waals surface area contributed by atoms with Crippen molar-refractivity contribution in [2.45, 2.75) is 38.6 Å². The van der Waals surface area contributed by atoms with E-state index in [9.17, 15) is 14.3 Å². The van der Waals surface area contributed by atoms with Crippen molar-refractivity contribution in [1.29, 1.82) is 5.26 Å². The smallest absolute Gasteiger partial charge is 0.335 e. The largest absolute Gasteiger partial charge is 0.478 e. The van der Waals surface area contributed by atoms with Crippen LogP contribution in [0, 0.1) is 17.1 Å². The van der Waals surface area contributed by atoms with Gasteiger partial charge in [-0.05, 0) is 43.2 Å². The number of carboxylic acid groups (broad SMARTS) is 1. The average Bonchev–Trinajstić information content (AvgIpc) is 3.72. The van der Waals surface area contributed by atoms with Crippen molar-refractivity contribution in [2.24, 2.45) is 7.05 Å². The number of nitriles is 1. The molecule has 0 radical (unpaired) electrons. The number of benzene rings is 2. The Morgan fingerprint density at radius 3 is 2.71 bits per heavy atom. The fourth-order valence-corrected chi connectivity index (χ4v) is 5.33. The van der Waals surface area contributed by atoms with Crippen LogP contribution in [0.15, 0.2) is 61.2 Å². The Morgan fingerprint density at radius 2 is 2.00 bits per heavy atom. The Morgan fingerprint density at radius 1 is 1.17 bits per heavy atom. The fraction of sp³-hybridized carbons (Fsp3) is 0.300. The van der Waals surface area contributed by atoms with E-state index in [2.05, 4.69) is 19.5 Å². The number of hydrogen-bond acceptors (Lipinski definition) is 7. The molecule has 42 heavy (non-hydrogen) atoms. The summed E-state index contributed by atoms with van der Waals surface area (Å²) in [4.78, 5) is 23.1. The van der Waals surface area contributed by atoms with Gasteiger partial charge in [-0.15, -0.1) is 5.10 Å². The van der Waals surface area contributed by atoms with Crippen LogP contribution in [-0.2, 0) is 26.7 Å². The monoisotopic (exact) mass is 568 g/mol. The second-order valence-electron chi connectivity index (χ2n) is 10.5. The number of rotatable bonds is 9. The lowest BCUT2D eigenvalue weighted by Crippen LogP contribution is -2.35. The van der Waals surface area contributed by atoms with Crippen molar-refractivity contribution in [2.75, 3.05) is 13.1 Å². The number of imidazole rings is 2. The van der Waals surface area contributed by atoms with Gasteiger partial charge < -0.3 is 19.0 Å². The van der Waals surface area contributed by atoms with Crippen LogP contribution in [0.2, 0.25) is 0 Å². The first-order chi connectivity index (χ1) is 20.4. The first-order valence-corrected chi connectivity index (χ1v) is 13.6. The second kappa shape index (κ2) is 11.5. The van der Waals surface area contributed by atoms with Crippen molar-refractivity contribution in [3.63, 3.8) is 0 Å². The summed E-state index contributed by atoms with van der Waals surface area (Å²) in [5.41, 5.74) is 3.40. The summed E-state index contributed by atoms with van der Waals surface area (Å²) in [7, 11) is 1.94. The Kier molecular flexibility index (Phi) is 7.41. The molecular weight excluding hydrogens is 539 g/mol. The second-order valence-corrected chi connectivity index (χ2v) is 10.5. The molecule has 0 aliphatic carbocycles. The average molecular weight is 569 g/mol. The van der Waals surface area contributed by atoms with Crippen molar-refractivity contribution < 1.29 is 19.0 Å². The molecule has 214 valence electrons. The quantitative estimate of drug-likeness (QED) is 0.281. The van der Waals surface area contributed by atoms with E-state index in [-0.39, 0.29) is 23.8 Å². The molecule has 0 bridgehead atoms. The molecule has 1 saturated heterocycles. The Hall–Kier alpha value is -5.02. The maximum Gasteiger partial charge on any atom is 0.335 e. The molecule has 6 rings (SSSR count). The van der Waals surface area contributed by atoms with Gasteiger partial charge in [0.05, 0.1) is 59.4 Å². The summed E-state index contributed by atoms with van der Waals surface area (Å²) in [5.74, 6) is -0.151. The van der Waals surface area contributed by atoms with Gasteiger partial charge in [0, 0.05) is 44.2 Å². The third-order valence-electron chi connectivity index (χ3n) is 7.75. The van der Waals surface area contributed by atoms with E-state index in [0.29, 0.717) is 24.5 Å². The lowest BCUT2D eigenvalue weighted by atomic mass is 10.1. The molecule has 3 aromatic heterocycles. The maximum absolute atomic E-state index is 14.2. The van der Waals surface area contributed by atoms with E-state index in [4.69, 9.17) is 15.0 Å². The minimum atomic E-state index is -0.970. The van der Waals surface area contributed by atoms with Crippen LogP contribution >= 0.6 is 0 Å². The molecule has 1 fully saturated rings. The first kappa shape index (κ1) is 27.2. The molecule has 5 aromatic rings. The van der Waals surface area contributed by atoms with Crippen LogP contribution in [0.5, 0.6) is 5.88 Å². The molecule has 0 spiro atoms. The molecule has 11 nitrogen and oxygen atoms in total. The maximum atomic E-state index is 14.2. The van der Waals surface area contributed by atoms with Gasteiger partial charge in [-0.1, -0.05) is 6.07 Å². The lowest BCUT2D eigenvalue weighted by Gasteiger charge is -2.31. The summed E-state index contributed by atoms with van der Waals surface area (Å²) in [6, 6.07) is 13.3. The molecular formula is C30H29FN8O3. The summed E-state index contributed by atoms with van der Waals surface area (Å²) < 4.78 is 25.8. The highest BCUT2D eigenvalue weighted by Gasteiger charge is 2.24. The number of hydrogen-bond donors (Lipinski definition) is 1. The van der Waals surface area contributed by atoms with Gasteiger partial charge in [0.15, 0.2) is 0 Å². The number of aromatic carboxylic acids is 1. The number of fused-ring (bicyclic) bond motifs is 1. The molecule has 1 aliphatic heterocycles. The minimum absolute atomic E-state index is 0.0285. The number of piperidine rings is 1. The number of likely N-dealkylation sites (tertiary alicyclic amines) is 1. The van der Waals surface area contributed by atoms with Crippen LogP contribution in [0.1, 0.15) is 51.9 Å². The summed E-state index contributed by atoms with van der Waals surface area (Å²) in [5, 5.41) is 23.0. The summed E-state index contributed by atoms with van der Waals surface area (Å²) in [6.07, 6.45) is 7.22. The van der Waals surface area contributed by atoms with E-state index in [1.165, 1.54) is 6.07 Å².